The van der Waals surface area contributed by atoms with Crippen molar-refractivity contribution in [3.05, 3.63) is 34.3 Å². The smallest absolute Gasteiger partial charge is 0.234 e. The van der Waals surface area contributed by atoms with E-state index in [1.165, 1.54) is 5.56 Å². The lowest BCUT2D eigenvalue weighted by molar-refractivity contribution is -0.121. The Kier molecular flexibility index (Phi) is 5.82. The van der Waals surface area contributed by atoms with Crippen LogP contribution in [0.25, 0.3) is 0 Å². The molecule has 2 unspecified atom stereocenters. The van der Waals surface area contributed by atoms with Gasteiger partial charge in [0.2, 0.25) is 5.91 Å². The molecule has 1 aromatic carbocycles. The van der Waals surface area contributed by atoms with Gasteiger partial charge in [0.15, 0.2) is 0 Å². The quantitative estimate of drug-likeness (QED) is 0.848. The van der Waals surface area contributed by atoms with E-state index in [-0.39, 0.29) is 23.9 Å². The zero-order valence-electron chi connectivity index (χ0n) is 11.1. The van der Waals surface area contributed by atoms with Gasteiger partial charge in [0, 0.05) is 10.5 Å². The maximum atomic E-state index is 11.4. The van der Waals surface area contributed by atoms with Gasteiger partial charge in [0.25, 0.3) is 0 Å². The lowest BCUT2D eigenvalue weighted by Crippen LogP contribution is -2.46. The molecule has 0 aliphatic heterocycles. The fourth-order valence-electron chi connectivity index (χ4n) is 1.96. The normalized spacial score (nSPS) is 14.5. The topological polar surface area (TPSA) is 55.1 Å². The monoisotopic (exact) mass is 312 g/mol. The van der Waals surface area contributed by atoms with Crippen LogP contribution in [-0.2, 0) is 4.79 Å². The van der Waals surface area contributed by atoms with Crippen LogP contribution < -0.4 is 11.1 Å². The molecule has 0 spiro atoms. The van der Waals surface area contributed by atoms with Crippen molar-refractivity contribution in [1.29, 1.82) is 0 Å². The van der Waals surface area contributed by atoms with Gasteiger partial charge in [-0.25, -0.2) is 0 Å². The molecule has 0 fully saturated rings. The molecule has 100 valence electrons. The van der Waals surface area contributed by atoms with Crippen molar-refractivity contribution in [3.63, 3.8) is 0 Å². The summed E-state index contributed by atoms with van der Waals surface area (Å²) in [6, 6.07) is 7.99. The molecule has 2 atom stereocenters. The van der Waals surface area contributed by atoms with Gasteiger partial charge in [-0.05, 0) is 30.0 Å². The van der Waals surface area contributed by atoms with Gasteiger partial charge in [0.05, 0.1) is 6.04 Å². The summed E-state index contributed by atoms with van der Waals surface area (Å²) < 4.78 is 1.05. The second-order valence-corrected chi connectivity index (χ2v) is 5.72. The Bertz CT molecular complexity index is 389. The van der Waals surface area contributed by atoms with E-state index >= 15 is 0 Å². The molecule has 0 aliphatic carbocycles. The van der Waals surface area contributed by atoms with Crippen LogP contribution in [0.15, 0.2) is 28.7 Å². The highest BCUT2D eigenvalue weighted by atomic mass is 79.9. The van der Waals surface area contributed by atoms with Crippen molar-refractivity contribution in [2.45, 2.75) is 39.3 Å². The van der Waals surface area contributed by atoms with Gasteiger partial charge in [-0.1, -0.05) is 48.8 Å². The van der Waals surface area contributed by atoms with Crippen molar-refractivity contribution < 1.29 is 4.79 Å². The molecule has 18 heavy (non-hydrogen) atoms. The van der Waals surface area contributed by atoms with Crippen LogP contribution in [0.1, 0.15) is 38.8 Å². The number of carbonyl (C=O) groups is 1. The number of benzene rings is 1. The predicted octanol–water partition coefficient (Wildman–Crippen LogP) is 3.00. The summed E-state index contributed by atoms with van der Waals surface area (Å²) in [7, 11) is 0. The highest BCUT2D eigenvalue weighted by molar-refractivity contribution is 9.10. The fraction of sp³-hybridized carbons (Fsp3) is 0.500. The first-order valence-electron chi connectivity index (χ1n) is 6.26. The molecule has 0 heterocycles. The Hall–Kier alpha value is -0.870. The minimum atomic E-state index is -0.293. The minimum Gasteiger partial charge on any atom is -0.368 e. The second kappa shape index (κ2) is 6.90. The number of hydrogen-bond acceptors (Lipinski definition) is 2. The molecular formula is C14H21BrN2O. The molecule has 0 bridgehead atoms. The van der Waals surface area contributed by atoms with Gasteiger partial charge < -0.3 is 5.73 Å². The molecule has 0 radical (unpaired) electrons. The number of nitrogens with one attached hydrogen (secondary N) is 1. The highest BCUT2D eigenvalue weighted by Crippen LogP contribution is 2.21. The van der Waals surface area contributed by atoms with E-state index in [0.29, 0.717) is 0 Å². The molecular weight excluding hydrogens is 292 g/mol. The van der Waals surface area contributed by atoms with Crippen molar-refractivity contribution in [2.24, 2.45) is 11.7 Å². The first-order valence-corrected chi connectivity index (χ1v) is 7.05. The van der Waals surface area contributed by atoms with Crippen LogP contribution in [0.4, 0.5) is 0 Å². The average Bonchev–Trinajstić information content (AvgIpc) is 2.31. The Balaban J connectivity index is 2.83. The lowest BCUT2D eigenvalue weighted by atomic mass is 9.98. The van der Waals surface area contributed by atoms with Gasteiger partial charge >= 0.3 is 0 Å². The zero-order valence-corrected chi connectivity index (χ0v) is 12.7. The molecule has 3 N–H and O–H groups in total. The first-order chi connectivity index (χ1) is 8.45. The van der Waals surface area contributed by atoms with E-state index in [2.05, 4.69) is 40.3 Å². The van der Waals surface area contributed by atoms with Crippen molar-refractivity contribution in [1.82, 2.24) is 5.32 Å². The zero-order chi connectivity index (χ0) is 13.7. The fourth-order valence-corrected chi connectivity index (χ4v) is 2.23. The molecule has 1 amide bonds. The van der Waals surface area contributed by atoms with Gasteiger partial charge in [0.1, 0.15) is 0 Å². The Morgan fingerprint density at radius 3 is 2.28 bits per heavy atom. The summed E-state index contributed by atoms with van der Waals surface area (Å²) in [6.45, 7) is 6.09. The number of amides is 1. The van der Waals surface area contributed by atoms with Crippen LogP contribution in [0, 0.1) is 5.92 Å². The third kappa shape index (κ3) is 4.10. The summed E-state index contributed by atoms with van der Waals surface area (Å²) in [5.74, 6) is -0.104. The number of halogens is 1. The molecule has 0 aromatic heterocycles. The number of carbonyl (C=O) groups excluding carboxylic acids is 1. The van der Waals surface area contributed by atoms with E-state index in [1.54, 1.807) is 0 Å². The van der Waals surface area contributed by atoms with Gasteiger partial charge in [-0.2, -0.15) is 0 Å². The van der Waals surface area contributed by atoms with E-state index in [1.807, 2.05) is 26.0 Å². The molecule has 0 saturated heterocycles. The van der Waals surface area contributed by atoms with Crippen molar-refractivity contribution in [2.75, 3.05) is 0 Å². The van der Waals surface area contributed by atoms with Gasteiger partial charge in [-0.15, -0.1) is 0 Å². The second-order valence-electron chi connectivity index (χ2n) is 4.80. The Labute approximate surface area is 117 Å². The molecule has 0 aliphatic rings. The van der Waals surface area contributed by atoms with Crippen LogP contribution in [-0.4, -0.2) is 11.9 Å². The predicted molar refractivity (Wildman–Crippen MR) is 78.1 cm³/mol. The Morgan fingerprint density at radius 2 is 1.89 bits per heavy atom. The van der Waals surface area contributed by atoms with Crippen LogP contribution in [0.3, 0.4) is 0 Å². The third-order valence-corrected chi connectivity index (χ3v) is 3.56. The molecule has 0 saturated carbocycles. The number of hydrogen-bond donors (Lipinski definition) is 2. The third-order valence-electron chi connectivity index (χ3n) is 3.03. The molecule has 1 aromatic rings. The summed E-state index contributed by atoms with van der Waals surface area (Å²) in [5.41, 5.74) is 6.61. The van der Waals surface area contributed by atoms with Crippen molar-refractivity contribution >= 4 is 21.8 Å². The van der Waals surface area contributed by atoms with Crippen molar-refractivity contribution in [3.8, 4) is 0 Å². The summed E-state index contributed by atoms with van der Waals surface area (Å²) in [4.78, 5) is 11.4. The van der Waals surface area contributed by atoms with E-state index in [0.717, 1.165) is 10.9 Å². The molecule has 1 rings (SSSR count). The van der Waals surface area contributed by atoms with Crippen LogP contribution >= 0.6 is 15.9 Å². The summed E-state index contributed by atoms with van der Waals surface area (Å²) in [6.07, 6.45) is 0.915. The standard InChI is InChI=1S/C14H21BrN2O/c1-4-12(10-5-7-11(15)8-6-10)17-13(9(2)3)14(16)18/h5-9,12-13,17H,4H2,1-3H3,(H2,16,18). The van der Waals surface area contributed by atoms with Crippen LogP contribution in [0.2, 0.25) is 0 Å². The molecule has 3 nitrogen and oxygen atoms in total. The SMILES string of the molecule is CCC(NC(C(N)=O)C(C)C)c1ccc(Br)cc1. The number of primary amides is 1. The average molecular weight is 313 g/mol. The number of rotatable bonds is 6. The summed E-state index contributed by atoms with van der Waals surface area (Å²) >= 11 is 3.42. The van der Waals surface area contributed by atoms with Crippen LogP contribution in [0.5, 0.6) is 0 Å². The summed E-state index contributed by atoms with van der Waals surface area (Å²) in [5, 5.41) is 3.35. The van der Waals surface area contributed by atoms with E-state index < -0.39 is 0 Å². The minimum absolute atomic E-state index is 0.151. The Morgan fingerprint density at radius 1 is 1.33 bits per heavy atom. The largest absolute Gasteiger partial charge is 0.368 e. The van der Waals surface area contributed by atoms with E-state index in [9.17, 15) is 4.79 Å². The lowest BCUT2D eigenvalue weighted by Gasteiger charge is -2.26. The number of nitrogens with two attached hydrogens (primary N) is 1. The van der Waals surface area contributed by atoms with Gasteiger partial charge in [-0.3, -0.25) is 10.1 Å². The maximum absolute atomic E-state index is 11.4. The first kappa shape index (κ1) is 15.2. The molecule has 4 heteroatoms. The maximum Gasteiger partial charge on any atom is 0.234 e. The van der Waals surface area contributed by atoms with E-state index in [4.69, 9.17) is 5.73 Å². The highest BCUT2D eigenvalue weighted by Gasteiger charge is 2.22.